The first kappa shape index (κ1) is 16.3. The van der Waals surface area contributed by atoms with E-state index in [1.54, 1.807) is 6.20 Å². The van der Waals surface area contributed by atoms with Crippen molar-refractivity contribution in [3.8, 4) is 0 Å². The third-order valence-corrected chi connectivity index (χ3v) is 5.82. The molecule has 132 valence electrons. The largest absolute Gasteiger partial charge is 0.340 e. The number of hydrogen-bond acceptors (Lipinski definition) is 3. The van der Waals surface area contributed by atoms with Gasteiger partial charge in [-0.3, -0.25) is 14.4 Å². The summed E-state index contributed by atoms with van der Waals surface area (Å²) >= 11 is 0. The number of aromatic nitrogens is 2. The van der Waals surface area contributed by atoms with Crippen molar-refractivity contribution in [1.82, 2.24) is 19.6 Å². The quantitative estimate of drug-likeness (QED) is 0.860. The van der Waals surface area contributed by atoms with E-state index in [4.69, 9.17) is 0 Å². The summed E-state index contributed by atoms with van der Waals surface area (Å²) in [4.78, 5) is 17.6. The molecule has 2 aliphatic rings. The first-order valence-electron chi connectivity index (χ1n) is 9.25. The Balaban J connectivity index is 1.50. The van der Waals surface area contributed by atoms with E-state index in [0.717, 1.165) is 52.0 Å². The highest BCUT2D eigenvalue weighted by Gasteiger charge is 2.46. The Morgan fingerprint density at radius 3 is 2.48 bits per heavy atom. The molecule has 0 saturated carbocycles. The number of likely N-dealkylation sites (tertiary alicyclic amines) is 2. The molecule has 25 heavy (non-hydrogen) atoms. The number of amides is 1. The Morgan fingerprint density at radius 2 is 1.88 bits per heavy atom. The van der Waals surface area contributed by atoms with Gasteiger partial charge in [-0.1, -0.05) is 24.3 Å². The fraction of sp³-hybridized carbons (Fsp3) is 0.500. The number of piperidine rings is 1. The molecule has 1 aromatic heterocycles. The van der Waals surface area contributed by atoms with Gasteiger partial charge < -0.3 is 4.90 Å². The second kappa shape index (κ2) is 6.64. The molecule has 1 amide bonds. The van der Waals surface area contributed by atoms with Gasteiger partial charge in [0.15, 0.2) is 0 Å². The van der Waals surface area contributed by atoms with Crippen LogP contribution in [0.1, 0.15) is 30.4 Å². The van der Waals surface area contributed by atoms with Crippen LogP contribution in [-0.4, -0.2) is 51.7 Å². The smallest absolute Gasteiger partial charge is 0.250 e. The van der Waals surface area contributed by atoms with E-state index >= 15 is 0 Å². The molecule has 0 N–H and O–H groups in total. The van der Waals surface area contributed by atoms with Crippen molar-refractivity contribution in [2.75, 3.05) is 26.2 Å². The average Bonchev–Trinajstić information content (AvgIpc) is 3.11. The van der Waals surface area contributed by atoms with Gasteiger partial charge in [-0.15, -0.1) is 0 Å². The SMILES string of the molecule is Cc1ccccc1CN1CCC(C(=O)N2CCC2)(n2cccn2)CC1. The van der Waals surface area contributed by atoms with Gasteiger partial charge >= 0.3 is 0 Å². The lowest BCUT2D eigenvalue weighted by atomic mass is 9.85. The normalized spacial score (nSPS) is 20.3. The van der Waals surface area contributed by atoms with Gasteiger partial charge in [-0.05, 0) is 43.4 Å². The van der Waals surface area contributed by atoms with Gasteiger partial charge in [0.05, 0.1) is 0 Å². The Labute approximate surface area is 149 Å². The second-order valence-corrected chi connectivity index (χ2v) is 7.33. The lowest BCUT2D eigenvalue weighted by molar-refractivity contribution is -0.148. The zero-order valence-corrected chi connectivity index (χ0v) is 14.9. The van der Waals surface area contributed by atoms with Crippen LogP contribution in [0.4, 0.5) is 0 Å². The summed E-state index contributed by atoms with van der Waals surface area (Å²) in [6.07, 6.45) is 6.52. The van der Waals surface area contributed by atoms with Crippen molar-refractivity contribution >= 4 is 5.91 Å². The van der Waals surface area contributed by atoms with Crippen LogP contribution in [0.25, 0.3) is 0 Å². The Bertz CT molecular complexity index is 728. The summed E-state index contributed by atoms with van der Waals surface area (Å²) in [6.45, 7) is 6.77. The molecule has 5 heteroatoms. The highest BCUT2D eigenvalue weighted by atomic mass is 16.2. The van der Waals surface area contributed by atoms with Crippen LogP contribution in [0.5, 0.6) is 0 Å². The number of carbonyl (C=O) groups is 1. The molecule has 2 fully saturated rings. The third kappa shape index (κ3) is 2.97. The van der Waals surface area contributed by atoms with Crippen LogP contribution in [-0.2, 0) is 16.9 Å². The molecule has 4 rings (SSSR count). The molecule has 0 unspecified atom stereocenters. The Morgan fingerprint density at radius 1 is 1.12 bits per heavy atom. The van der Waals surface area contributed by atoms with Crippen LogP contribution in [0, 0.1) is 6.92 Å². The van der Waals surface area contributed by atoms with E-state index in [0.29, 0.717) is 0 Å². The van der Waals surface area contributed by atoms with Gasteiger partial charge in [0.1, 0.15) is 5.54 Å². The Hall–Kier alpha value is -2.14. The average molecular weight is 338 g/mol. The minimum Gasteiger partial charge on any atom is -0.340 e. The molecule has 0 atom stereocenters. The van der Waals surface area contributed by atoms with Crippen LogP contribution in [0.3, 0.4) is 0 Å². The van der Waals surface area contributed by atoms with Crippen molar-refractivity contribution in [2.45, 2.75) is 38.3 Å². The predicted molar refractivity (Wildman–Crippen MR) is 97.1 cm³/mol. The van der Waals surface area contributed by atoms with E-state index in [1.807, 2.05) is 21.8 Å². The minimum atomic E-state index is -0.494. The van der Waals surface area contributed by atoms with Crippen LogP contribution >= 0.6 is 0 Å². The molecule has 3 heterocycles. The van der Waals surface area contributed by atoms with Crippen molar-refractivity contribution in [1.29, 1.82) is 0 Å². The lowest BCUT2D eigenvalue weighted by Crippen LogP contribution is -2.59. The molecular weight excluding hydrogens is 312 g/mol. The van der Waals surface area contributed by atoms with Gasteiger partial charge in [0.2, 0.25) is 0 Å². The minimum absolute atomic E-state index is 0.262. The van der Waals surface area contributed by atoms with Gasteiger partial charge in [0, 0.05) is 45.1 Å². The van der Waals surface area contributed by atoms with Crippen molar-refractivity contribution < 1.29 is 4.79 Å². The topological polar surface area (TPSA) is 41.4 Å². The standard InChI is InChI=1S/C20H26N4O/c1-17-6-2-3-7-18(17)16-22-14-8-20(9-15-22,24-13-4-10-21-24)19(25)23-11-5-12-23/h2-4,6-7,10,13H,5,8-9,11-12,14-16H2,1H3. The molecule has 2 aromatic rings. The van der Waals surface area contributed by atoms with Gasteiger partial charge in [0.25, 0.3) is 5.91 Å². The van der Waals surface area contributed by atoms with Crippen molar-refractivity contribution in [2.24, 2.45) is 0 Å². The highest BCUT2D eigenvalue weighted by molar-refractivity contribution is 5.85. The monoisotopic (exact) mass is 338 g/mol. The number of rotatable bonds is 4. The van der Waals surface area contributed by atoms with E-state index in [9.17, 15) is 4.79 Å². The summed E-state index contributed by atoms with van der Waals surface area (Å²) in [6, 6.07) is 10.5. The maximum atomic E-state index is 13.2. The first-order valence-corrected chi connectivity index (χ1v) is 9.25. The van der Waals surface area contributed by atoms with Gasteiger partial charge in [-0.2, -0.15) is 5.10 Å². The molecule has 2 aliphatic heterocycles. The zero-order valence-electron chi connectivity index (χ0n) is 14.9. The van der Waals surface area contributed by atoms with E-state index < -0.39 is 5.54 Å². The van der Waals surface area contributed by atoms with Crippen molar-refractivity contribution in [3.05, 3.63) is 53.9 Å². The highest BCUT2D eigenvalue weighted by Crippen LogP contribution is 2.34. The van der Waals surface area contributed by atoms with E-state index in [-0.39, 0.29) is 5.91 Å². The molecule has 2 saturated heterocycles. The molecule has 0 bridgehead atoms. The fourth-order valence-electron chi connectivity index (χ4n) is 3.99. The number of benzene rings is 1. The number of hydrogen-bond donors (Lipinski definition) is 0. The lowest BCUT2D eigenvalue weighted by Gasteiger charge is -2.45. The summed E-state index contributed by atoms with van der Waals surface area (Å²) in [5, 5.41) is 4.45. The fourth-order valence-corrected chi connectivity index (χ4v) is 3.99. The molecule has 0 radical (unpaired) electrons. The summed E-state index contributed by atoms with van der Waals surface area (Å²) in [7, 11) is 0. The van der Waals surface area contributed by atoms with Crippen molar-refractivity contribution in [3.63, 3.8) is 0 Å². The second-order valence-electron chi connectivity index (χ2n) is 7.33. The predicted octanol–water partition coefficient (Wildman–Crippen LogP) is 2.42. The molecule has 1 aromatic carbocycles. The number of carbonyl (C=O) groups excluding carboxylic acids is 1. The molecular formula is C20H26N4O. The molecule has 0 spiro atoms. The molecule has 0 aliphatic carbocycles. The first-order chi connectivity index (χ1) is 12.2. The van der Waals surface area contributed by atoms with Crippen LogP contribution < -0.4 is 0 Å². The third-order valence-electron chi connectivity index (χ3n) is 5.82. The van der Waals surface area contributed by atoms with Crippen LogP contribution in [0.15, 0.2) is 42.7 Å². The Kier molecular flexibility index (Phi) is 4.34. The summed E-state index contributed by atoms with van der Waals surface area (Å²) in [5.74, 6) is 0.262. The van der Waals surface area contributed by atoms with E-state index in [2.05, 4.69) is 41.2 Å². The zero-order chi connectivity index (χ0) is 17.3. The maximum Gasteiger partial charge on any atom is 0.250 e. The number of nitrogens with zero attached hydrogens (tertiary/aromatic N) is 4. The summed E-state index contributed by atoms with van der Waals surface area (Å²) in [5.41, 5.74) is 2.22. The van der Waals surface area contributed by atoms with E-state index in [1.165, 1.54) is 11.1 Å². The molecule has 5 nitrogen and oxygen atoms in total. The van der Waals surface area contributed by atoms with Crippen LogP contribution in [0.2, 0.25) is 0 Å². The van der Waals surface area contributed by atoms with Gasteiger partial charge in [-0.25, -0.2) is 0 Å². The summed E-state index contributed by atoms with van der Waals surface area (Å²) < 4.78 is 1.92. The number of aryl methyl sites for hydroxylation is 1. The maximum absolute atomic E-state index is 13.2.